The smallest absolute Gasteiger partial charge is 0.332 e. The van der Waals surface area contributed by atoms with E-state index in [1.54, 1.807) is 24.6 Å². The lowest BCUT2D eigenvalue weighted by atomic mass is 10.5. The summed E-state index contributed by atoms with van der Waals surface area (Å²) < 4.78 is 9.28. The molecule has 0 amide bonds. The number of hydrogen-bond donors (Lipinski definition) is 0. The largest absolute Gasteiger partial charge is 0.428 e. The van der Waals surface area contributed by atoms with Crippen LogP contribution in [0.3, 0.4) is 0 Å². The summed E-state index contributed by atoms with van der Waals surface area (Å²) in [7, 11) is 3.01. The van der Waals surface area contributed by atoms with Gasteiger partial charge < -0.3 is 4.42 Å². The Morgan fingerprint density at radius 1 is 1.24 bits per heavy atom. The molecule has 0 atom stereocenters. The fourth-order valence-corrected chi connectivity index (χ4v) is 1.94. The molecule has 0 saturated heterocycles. The van der Waals surface area contributed by atoms with Gasteiger partial charge in [-0.2, -0.15) is 4.98 Å². The van der Waals surface area contributed by atoms with Crippen LogP contribution >= 0.6 is 0 Å². The molecule has 0 N–H and O–H groups in total. The minimum atomic E-state index is -0.403. The van der Waals surface area contributed by atoms with E-state index >= 15 is 0 Å². The van der Waals surface area contributed by atoms with E-state index in [1.165, 1.54) is 11.6 Å². The van der Waals surface area contributed by atoms with E-state index in [4.69, 9.17) is 4.42 Å². The van der Waals surface area contributed by atoms with Crippen LogP contribution in [-0.4, -0.2) is 18.5 Å². The summed E-state index contributed by atoms with van der Waals surface area (Å²) in [6, 6.07) is 0. The highest BCUT2D eigenvalue weighted by Gasteiger charge is 2.16. The first kappa shape index (κ1) is 9.88. The van der Waals surface area contributed by atoms with Crippen molar-refractivity contribution >= 4 is 17.0 Å². The SMILES string of the molecule is Cc1cn2c(nc3c2c(=O)n(C)c(=O)n3C)o1. The van der Waals surface area contributed by atoms with Crippen molar-refractivity contribution in [3.8, 4) is 0 Å². The van der Waals surface area contributed by atoms with Gasteiger partial charge in [0.1, 0.15) is 5.76 Å². The molecule has 0 aliphatic rings. The summed E-state index contributed by atoms with van der Waals surface area (Å²) in [5.41, 5.74) is -0.102. The Morgan fingerprint density at radius 2 is 1.94 bits per heavy atom. The molecule has 7 heteroatoms. The third-order valence-electron chi connectivity index (χ3n) is 2.82. The summed E-state index contributed by atoms with van der Waals surface area (Å²) in [6.07, 6.45) is 1.68. The first-order valence-electron chi connectivity index (χ1n) is 5.05. The zero-order valence-electron chi connectivity index (χ0n) is 9.59. The van der Waals surface area contributed by atoms with Crippen molar-refractivity contribution in [1.29, 1.82) is 0 Å². The number of oxazole rings is 1. The van der Waals surface area contributed by atoms with E-state index in [9.17, 15) is 9.59 Å². The van der Waals surface area contributed by atoms with Gasteiger partial charge in [-0.05, 0) is 6.92 Å². The first-order chi connectivity index (χ1) is 8.00. The highest BCUT2D eigenvalue weighted by Crippen LogP contribution is 2.14. The van der Waals surface area contributed by atoms with Crippen molar-refractivity contribution in [2.45, 2.75) is 6.92 Å². The van der Waals surface area contributed by atoms with Gasteiger partial charge in [0.2, 0.25) is 0 Å². The zero-order valence-corrected chi connectivity index (χ0v) is 9.59. The lowest BCUT2D eigenvalue weighted by Gasteiger charge is -2.01. The summed E-state index contributed by atoms with van der Waals surface area (Å²) in [6.45, 7) is 1.77. The number of aryl methyl sites for hydroxylation is 2. The first-order valence-corrected chi connectivity index (χ1v) is 5.05. The Kier molecular flexibility index (Phi) is 1.67. The van der Waals surface area contributed by atoms with Crippen LogP contribution in [0.25, 0.3) is 17.0 Å². The van der Waals surface area contributed by atoms with Crippen molar-refractivity contribution in [3.63, 3.8) is 0 Å². The molecule has 88 valence electrons. The lowest BCUT2D eigenvalue weighted by molar-refractivity contribution is 0.563. The summed E-state index contributed by atoms with van der Waals surface area (Å²) >= 11 is 0. The molecule has 0 radical (unpaired) electrons. The molecule has 0 unspecified atom stereocenters. The van der Waals surface area contributed by atoms with Crippen LogP contribution < -0.4 is 11.2 Å². The normalized spacial score (nSPS) is 11.7. The zero-order chi connectivity index (χ0) is 12.3. The van der Waals surface area contributed by atoms with E-state index in [0.29, 0.717) is 22.8 Å². The van der Waals surface area contributed by atoms with Crippen molar-refractivity contribution < 1.29 is 4.42 Å². The lowest BCUT2D eigenvalue weighted by Crippen LogP contribution is -2.37. The Balaban J connectivity index is 2.73. The van der Waals surface area contributed by atoms with E-state index < -0.39 is 5.69 Å². The maximum Gasteiger partial charge on any atom is 0.332 e. The van der Waals surface area contributed by atoms with Crippen LogP contribution in [0, 0.1) is 6.92 Å². The third-order valence-corrected chi connectivity index (χ3v) is 2.82. The molecular weight excluding hydrogens is 224 g/mol. The number of rotatable bonds is 0. The fourth-order valence-electron chi connectivity index (χ4n) is 1.94. The maximum absolute atomic E-state index is 12.0. The standard InChI is InChI=1S/C10H10N4O3/c1-5-4-14-6-7(11-9(14)17-5)12(2)10(16)13(3)8(6)15/h4H,1-3H3. The molecule has 0 aliphatic carbocycles. The van der Waals surface area contributed by atoms with Crippen LogP contribution in [0.2, 0.25) is 0 Å². The molecule has 0 bridgehead atoms. The molecule has 17 heavy (non-hydrogen) atoms. The molecule has 0 aromatic carbocycles. The van der Waals surface area contributed by atoms with E-state index in [0.717, 1.165) is 4.57 Å². The molecule has 3 rings (SSSR count). The molecular formula is C10H10N4O3. The van der Waals surface area contributed by atoms with E-state index in [2.05, 4.69) is 4.98 Å². The summed E-state index contributed by atoms with van der Waals surface area (Å²) in [4.78, 5) is 27.9. The number of fused-ring (bicyclic) bond motifs is 3. The molecule has 0 spiro atoms. The van der Waals surface area contributed by atoms with E-state index in [1.807, 2.05) is 0 Å². The topological polar surface area (TPSA) is 74.4 Å². The molecule has 7 nitrogen and oxygen atoms in total. The van der Waals surface area contributed by atoms with Gasteiger partial charge in [0, 0.05) is 14.1 Å². The Bertz CT molecular complexity index is 862. The van der Waals surface area contributed by atoms with Gasteiger partial charge in [-0.15, -0.1) is 0 Å². The third kappa shape index (κ3) is 1.08. The van der Waals surface area contributed by atoms with E-state index in [-0.39, 0.29) is 5.56 Å². The number of aromatic nitrogens is 4. The quantitative estimate of drug-likeness (QED) is 0.539. The predicted molar refractivity (Wildman–Crippen MR) is 60.2 cm³/mol. The second-order valence-corrected chi connectivity index (χ2v) is 3.98. The van der Waals surface area contributed by atoms with Gasteiger partial charge in [0.05, 0.1) is 6.20 Å². The highest BCUT2D eigenvalue weighted by molar-refractivity contribution is 5.74. The Labute approximate surface area is 94.5 Å². The van der Waals surface area contributed by atoms with Gasteiger partial charge in [-0.3, -0.25) is 18.3 Å². The minimum Gasteiger partial charge on any atom is -0.428 e. The molecule has 3 aromatic heterocycles. The average molecular weight is 234 g/mol. The van der Waals surface area contributed by atoms with Crippen molar-refractivity contribution in [2.24, 2.45) is 14.1 Å². The van der Waals surface area contributed by atoms with Crippen LogP contribution in [0.15, 0.2) is 20.2 Å². The predicted octanol–water partition coefficient (Wildman–Crippen LogP) is -0.214. The van der Waals surface area contributed by atoms with Crippen LogP contribution in [0.1, 0.15) is 5.76 Å². The molecule has 0 aliphatic heterocycles. The van der Waals surface area contributed by atoms with Crippen LogP contribution in [-0.2, 0) is 14.1 Å². The van der Waals surface area contributed by atoms with Gasteiger partial charge in [0.15, 0.2) is 11.2 Å². The van der Waals surface area contributed by atoms with Crippen molar-refractivity contribution in [3.05, 3.63) is 32.8 Å². The molecule has 3 heterocycles. The maximum atomic E-state index is 12.0. The van der Waals surface area contributed by atoms with Crippen molar-refractivity contribution in [2.75, 3.05) is 0 Å². The molecule has 3 aromatic rings. The molecule has 0 saturated carbocycles. The summed E-state index contributed by atoms with van der Waals surface area (Å²) in [5.74, 6) is 0.973. The minimum absolute atomic E-state index is 0.316. The van der Waals surface area contributed by atoms with Gasteiger partial charge in [0.25, 0.3) is 5.56 Å². The van der Waals surface area contributed by atoms with Gasteiger partial charge in [-0.1, -0.05) is 0 Å². The number of hydrogen-bond acceptors (Lipinski definition) is 4. The van der Waals surface area contributed by atoms with Gasteiger partial charge >= 0.3 is 11.5 Å². The second kappa shape index (κ2) is 2.88. The van der Waals surface area contributed by atoms with Crippen LogP contribution in [0.4, 0.5) is 0 Å². The second-order valence-electron chi connectivity index (χ2n) is 3.98. The fraction of sp³-hybridized carbons (Fsp3) is 0.300. The Hall–Kier alpha value is -2.31. The number of imidazole rings is 1. The van der Waals surface area contributed by atoms with Gasteiger partial charge in [-0.25, -0.2) is 4.79 Å². The van der Waals surface area contributed by atoms with Crippen molar-refractivity contribution in [1.82, 2.24) is 18.5 Å². The summed E-state index contributed by atoms with van der Waals surface area (Å²) in [5, 5.41) is 0. The van der Waals surface area contributed by atoms with Crippen LogP contribution in [0.5, 0.6) is 0 Å². The molecule has 0 fully saturated rings. The monoisotopic (exact) mass is 234 g/mol. The Morgan fingerprint density at radius 3 is 2.65 bits per heavy atom. The highest BCUT2D eigenvalue weighted by atomic mass is 16.4. The number of nitrogens with zero attached hydrogens (tertiary/aromatic N) is 4. The average Bonchev–Trinajstić information content (AvgIpc) is 2.79.